The maximum atomic E-state index is 13.2. The van der Waals surface area contributed by atoms with E-state index in [4.69, 9.17) is 9.47 Å². The first-order chi connectivity index (χ1) is 15.6. The van der Waals surface area contributed by atoms with Gasteiger partial charge in [0.2, 0.25) is 5.91 Å². The molecule has 2 rings (SSSR count). The number of carbonyl (C=O) groups excluding carboxylic acids is 3. The van der Waals surface area contributed by atoms with Crippen LogP contribution >= 0.6 is 0 Å². The van der Waals surface area contributed by atoms with Gasteiger partial charge in [-0.15, -0.1) is 0 Å². The molecular formula is C26H34N2O5. The molecular weight excluding hydrogens is 420 g/mol. The first kappa shape index (κ1) is 25.9. The molecule has 0 aliphatic carbocycles. The molecule has 2 N–H and O–H groups in total. The zero-order chi connectivity index (χ0) is 24.4. The van der Waals surface area contributed by atoms with Gasteiger partial charge < -0.3 is 20.1 Å². The number of nitrogens with one attached hydrogen (secondary N) is 2. The summed E-state index contributed by atoms with van der Waals surface area (Å²) in [7, 11) is 1.33. The van der Waals surface area contributed by atoms with Crippen molar-refractivity contribution in [3.63, 3.8) is 0 Å². The molecule has 0 spiro atoms. The number of rotatable bonds is 10. The molecule has 0 bridgehead atoms. The Hall–Kier alpha value is -3.35. The zero-order valence-corrected chi connectivity index (χ0v) is 20.0. The van der Waals surface area contributed by atoms with Gasteiger partial charge in [0.1, 0.15) is 12.6 Å². The summed E-state index contributed by atoms with van der Waals surface area (Å²) >= 11 is 0. The molecule has 2 atom stereocenters. The summed E-state index contributed by atoms with van der Waals surface area (Å²) in [6, 6.07) is 17.5. The van der Waals surface area contributed by atoms with Gasteiger partial charge in [-0.3, -0.25) is 9.59 Å². The average molecular weight is 455 g/mol. The van der Waals surface area contributed by atoms with E-state index < -0.39 is 29.6 Å². The SMILES string of the molecule is COC(=O)C(C)(C)[C@@H](Cc1ccccc1)NC(=O)[C@@H](NC(=O)OCc1ccccc1)C(C)C. The monoisotopic (exact) mass is 454 g/mol. The van der Waals surface area contributed by atoms with Gasteiger partial charge in [-0.2, -0.15) is 0 Å². The molecule has 2 amide bonds. The molecule has 0 fully saturated rings. The second kappa shape index (κ2) is 12.0. The lowest BCUT2D eigenvalue weighted by molar-refractivity contribution is -0.153. The number of amides is 2. The predicted molar refractivity (Wildman–Crippen MR) is 126 cm³/mol. The fourth-order valence-electron chi connectivity index (χ4n) is 3.43. The minimum Gasteiger partial charge on any atom is -0.469 e. The van der Waals surface area contributed by atoms with E-state index in [1.165, 1.54) is 7.11 Å². The number of ether oxygens (including phenoxy) is 2. The van der Waals surface area contributed by atoms with Crippen molar-refractivity contribution in [2.75, 3.05) is 7.11 Å². The molecule has 7 heteroatoms. The molecule has 2 aromatic carbocycles. The third-order valence-corrected chi connectivity index (χ3v) is 5.62. The number of hydrogen-bond donors (Lipinski definition) is 2. The highest BCUT2D eigenvalue weighted by molar-refractivity contribution is 5.87. The van der Waals surface area contributed by atoms with Crippen LogP contribution in [0, 0.1) is 11.3 Å². The van der Waals surface area contributed by atoms with Gasteiger partial charge in [0.15, 0.2) is 0 Å². The first-order valence-corrected chi connectivity index (χ1v) is 11.0. The molecule has 0 saturated carbocycles. The Morgan fingerprint density at radius 3 is 1.94 bits per heavy atom. The van der Waals surface area contributed by atoms with Crippen LogP contribution in [0.2, 0.25) is 0 Å². The third kappa shape index (κ3) is 7.63. The number of benzene rings is 2. The Morgan fingerprint density at radius 1 is 0.879 bits per heavy atom. The quantitative estimate of drug-likeness (QED) is 0.532. The highest BCUT2D eigenvalue weighted by Crippen LogP contribution is 2.26. The average Bonchev–Trinajstić information content (AvgIpc) is 2.81. The summed E-state index contributed by atoms with van der Waals surface area (Å²) in [5.41, 5.74) is 0.826. The third-order valence-electron chi connectivity index (χ3n) is 5.62. The van der Waals surface area contributed by atoms with Crippen LogP contribution in [0.25, 0.3) is 0 Å². The fraction of sp³-hybridized carbons (Fsp3) is 0.423. The van der Waals surface area contributed by atoms with Crippen LogP contribution < -0.4 is 10.6 Å². The Morgan fingerprint density at radius 2 is 1.42 bits per heavy atom. The summed E-state index contributed by atoms with van der Waals surface area (Å²) in [6.45, 7) is 7.24. The Balaban J connectivity index is 2.12. The Labute approximate surface area is 195 Å². The minimum absolute atomic E-state index is 0.102. The van der Waals surface area contributed by atoms with E-state index in [0.717, 1.165) is 11.1 Å². The van der Waals surface area contributed by atoms with Gasteiger partial charge in [-0.25, -0.2) is 4.79 Å². The second-order valence-electron chi connectivity index (χ2n) is 8.89. The molecule has 178 valence electrons. The summed E-state index contributed by atoms with van der Waals surface area (Å²) in [4.78, 5) is 38.1. The van der Waals surface area contributed by atoms with Crippen LogP contribution in [-0.4, -0.2) is 37.2 Å². The lowest BCUT2D eigenvalue weighted by Crippen LogP contribution is -2.57. The summed E-state index contributed by atoms with van der Waals surface area (Å²) in [5, 5.41) is 5.63. The van der Waals surface area contributed by atoms with Crippen molar-refractivity contribution >= 4 is 18.0 Å². The summed E-state index contributed by atoms with van der Waals surface area (Å²) in [5.74, 6) is -1.02. The molecule has 0 aliphatic heterocycles. The van der Waals surface area contributed by atoms with E-state index in [-0.39, 0.29) is 18.4 Å². The maximum absolute atomic E-state index is 13.2. The molecule has 2 aromatic rings. The first-order valence-electron chi connectivity index (χ1n) is 11.0. The molecule has 7 nitrogen and oxygen atoms in total. The highest BCUT2D eigenvalue weighted by atomic mass is 16.5. The number of hydrogen-bond acceptors (Lipinski definition) is 5. The van der Waals surface area contributed by atoms with Gasteiger partial charge in [-0.05, 0) is 37.3 Å². The number of alkyl carbamates (subject to hydrolysis) is 1. The normalized spacial score (nSPS) is 13.0. The van der Waals surface area contributed by atoms with Crippen LogP contribution in [0.1, 0.15) is 38.8 Å². The van der Waals surface area contributed by atoms with Crippen LogP contribution in [0.4, 0.5) is 4.79 Å². The van der Waals surface area contributed by atoms with Crippen LogP contribution in [0.5, 0.6) is 0 Å². The van der Waals surface area contributed by atoms with Crippen LogP contribution in [-0.2, 0) is 32.1 Å². The minimum atomic E-state index is -0.990. The second-order valence-corrected chi connectivity index (χ2v) is 8.89. The summed E-state index contributed by atoms with van der Waals surface area (Å²) in [6.07, 6.45) is -0.252. The summed E-state index contributed by atoms with van der Waals surface area (Å²) < 4.78 is 10.3. The van der Waals surface area contributed by atoms with Crippen molar-refractivity contribution in [2.45, 2.75) is 52.8 Å². The number of esters is 1. The molecule has 0 heterocycles. The fourth-order valence-corrected chi connectivity index (χ4v) is 3.43. The lowest BCUT2D eigenvalue weighted by Gasteiger charge is -2.34. The number of methoxy groups -OCH3 is 1. The van der Waals surface area contributed by atoms with E-state index >= 15 is 0 Å². The smallest absolute Gasteiger partial charge is 0.408 e. The topological polar surface area (TPSA) is 93.7 Å². The molecule has 0 saturated heterocycles. The standard InChI is InChI=1S/C26H34N2O5/c1-18(2)22(28-25(31)33-17-20-14-10-7-11-15-20)23(29)27-21(26(3,4)24(30)32-5)16-19-12-8-6-9-13-19/h6-15,18,21-22H,16-17H2,1-5H3,(H,27,29)(H,28,31)/t21-,22+/m1/s1. The van der Waals surface area contributed by atoms with Crippen molar-refractivity contribution < 1.29 is 23.9 Å². The van der Waals surface area contributed by atoms with E-state index in [9.17, 15) is 14.4 Å². The Bertz CT molecular complexity index is 913. The molecule has 0 aliphatic rings. The molecule has 0 aromatic heterocycles. The van der Waals surface area contributed by atoms with Gasteiger partial charge >= 0.3 is 12.1 Å². The van der Waals surface area contributed by atoms with Gasteiger partial charge in [0.05, 0.1) is 12.5 Å². The predicted octanol–water partition coefficient (Wildman–Crippen LogP) is 3.86. The molecule has 0 unspecified atom stereocenters. The maximum Gasteiger partial charge on any atom is 0.408 e. The van der Waals surface area contributed by atoms with Crippen molar-refractivity contribution in [3.8, 4) is 0 Å². The van der Waals surface area contributed by atoms with Crippen LogP contribution in [0.15, 0.2) is 60.7 Å². The van der Waals surface area contributed by atoms with Gasteiger partial charge in [0.25, 0.3) is 0 Å². The molecule has 33 heavy (non-hydrogen) atoms. The van der Waals surface area contributed by atoms with E-state index in [2.05, 4.69) is 10.6 Å². The van der Waals surface area contributed by atoms with Gasteiger partial charge in [-0.1, -0.05) is 74.5 Å². The largest absolute Gasteiger partial charge is 0.469 e. The van der Waals surface area contributed by atoms with Crippen molar-refractivity contribution in [2.24, 2.45) is 11.3 Å². The molecule has 0 radical (unpaired) electrons. The highest BCUT2D eigenvalue weighted by Gasteiger charge is 2.40. The van der Waals surface area contributed by atoms with Crippen molar-refractivity contribution in [1.29, 1.82) is 0 Å². The Kier molecular flexibility index (Phi) is 9.45. The van der Waals surface area contributed by atoms with Crippen LogP contribution in [0.3, 0.4) is 0 Å². The number of carbonyl (C=O) groups is 3. The van der Waals surface area contributed by atoms with Gasteiger partial charge in [0, 0.05) is 6.04 Å². The van der Waals surface area contributed by atoms with Crippen molar-refractivity contribution in [3.05, 3.63) is 71.8 Å². The zero-order valence-electron chi connectivity index (χ0n) is 20.0. The van der Waals surface area contributed by atoms with E-state index in [1.807, 2.05) is 74.5 Å². The van der Waals surface area contributed by atoms with Crippen molar-refractivity contribution in [1.82, 2.24) is 10.6 Å². The van der Waals surface area contributed by atoms with E-state index in [0.29, 0.717) is 6.42 Å². The lowest BCUT2D eigenvalue weighted by atomic mass is 9.80. The van der Waals surface area contributed by atoms with E-state index in [1.54, 1.807) is 13.8 Å².